The maximum Gasteiger partial charge on any atom is 0.407 e. The van der Waals surface area contributed by atoms with Crippen LogP contribution in [0.1, 0.15) is 31.2 Å². The summed E-state index contributed by atoms with van der Waals surface area (Å²) in [5.41, 5.74) is 0.477. The number of nitrogens with one attached hydrogen (secondary N) is 1. The van der Waals surface area contributed by atoms with Gasteiger partial charge in [0.15, 0.2) is 0 Å². The van der Waals surface area contributed by atoms with Crippen LogP contribution >= 0.6 is 11.3 Å². The van der Waals surface area contributed by atoms with E-state index >= 15 is 0 Å². The van der Waals surface area contributed by atoms with E-state index in [9.17, 15) is 4.79 Å². The van der Waals surface area contributed by atoms with Gasteiger partial charge in [-0.2, -0.15) is 5.26 Å². The highest BCUT2D eigenvalue weighted by molar-refractivity contribution is 7.10. The standard InChI is InChI=1S/C13H16N2O2S/c1-13(2,3)17-12(16)15-6-4-5-10-7-11(8-14)18-9-10/h4-5,7,9H,6H2,1-3H3,(H,15,16). The van der Waals surface area contributed by atoms with Crippen LogP contribution < -0.4 is 5.32 Å². The molecule has 18 heavy (non-hydrogen) atoms. The Morgan fingerprint density at radius 2 is 2.33 bits per heavy atom. The minimum atomic E-state index is -0.483. The zero-order chi connectivity index (χ0) is 13.6. The summed E-state index contributed by atoms with van der Waals surface area (Å²) >= 11 is 1.40. The minimum absolute atomic E-state index is 0.395. The molecule has 0 aliphatic heterocycles. The zero-order valence-electron chi connectivity index (χ0n) is 10.7. The van der Waals surface area contributed by atoms with Crippen LogP contribution in [0.15, 0.2) is 17.5 Å². The third kappa shape index (κ3) is 5.51. The molecule has 5 heteroatoms. The minimum Gasteiger partial charge on any atom is -0.444 e. The summed E-state index contributed by atoms with van der Waals surface area (Å²) in [6.07, 6.45) is 3.23. The summed E-state index contributed by atoms with van der Waals surface area (Å²) in [6, 6.07) is 3.88. The fourth-order valence-corrected chi connectivity index (χ4v) is 1.81. The first-order valence-electron chi connectivity index (χ1n) is 5.53. The van der Waals surface area contributed by atoms with Crippen LogP contribution in [0.2, 0.25) is 0 Å². The lowest BCUT2D eigenvalue weighted by Gasteiger charge is -2.19. The van der Waals surface area contributed by atoms with Gasteiger partial charge in [0.05, 0.1) is 0 Å². The average Bonchev–Trinajstić information content (AvgIpc) is 2.70. The van der Waals surface area contributed by atoms with E-state index in [1.807, 2.05) is 38.3 Å². The van der Waals surface area contributed by atoms with E-state index in [1.54, 1.807) is 6.07 Å². The number of nitrogens with zero attached hydrogens (tertiary/aromatic N) is 1. The van der Waals surface area contributed by atoms with Crippen molar-refractivity contribution in [3.8, 4) is 6.07 Å². The quantitative estimate of drug-likeness (QED) is 0.912. The van der Waals surface area contributed by atoms with Crippen LogP contribution in [0.4, 0.5) is 4.79 Å². The number of thiophene rings is 1. The summed E-state index contributed by atoms with van der Waals surface area (Å²) in [4.78, 5) is 12.0. The molecule has 0 aliphatic rings. The van der Waals surface area contributed by atoms with E-state index in [1.165, 1.54) is 11.3 Å². The van der Waals surface area contributed by atoms with Gasteiger partial charge >= 0.3 is 6.09 Å². The zero-order valence-corrected chi connectivity index (χ0v) is 11.5. The van der Waals surface area contributed by atoms with Crippen molar-refractivity contribution in [2.45, 2.75) is 26.4 Å². The lowest BCUT2D eigenvalue weighted by atomic mass is 10.2. The highest BCUT2D eigenvalue weighted by Crippen LogP contribution is 2.14. The van der Waals surface area contributed by atoms with Crippen LogP contribution in [-0.4, -0.2) is 18.2 Å². The van der Waals surface area contributed by atoms with Gasteiger partial charge in [-0.3, -0.25) is 0 Å². The summed E-state index contributed by atoms with van der Waals surface area (Å²) in [6.45, 7) is 5.85. The molecule has 0 saturated heterocycles. The van der Waals surface area contributed by atoms with Gasteiger partial charge in [0.1, 0.15) is 16.5 Å². The number of carbonyl (C=O) groups is 1. The van der Waals surface area contributed by atoms with E-state index in [2.05, 4.69) is 11.4 Å². The van der Waals surface area contributed by atoms with Crippen LogP contribution in [0.5, 0.6) is 0 Å². The second-order valence-electron chi connectivity index (χ2n) is 4.64. The van der Waals surface area contributed by atoms with Gasteiger partial charge in [-0.15, -0.1) is 11.3 Å². The molecule has 0 saturated carbocycles. The van der Waals surface area contributed by atoms with Crippen molar-refractivity contribution < 1.29 is 9.53 Å². The molecule has 0 aromatic carbocycles. The number of carbonyl (C=O) groups excluding carboxylic acids is 1. The van der Waals surface area contributed by atoms with Gasteiger partial charge in [0.2, 0.25) is 0 Å². The van der Waals surface area contributed by atoms with Gasteiger partial charge in [-0.25, -0.2) is 4.79 Å². The highest BCUT2D eigenvalue weighted by atomic mass is 32.1. The van der Waals surface area contributed by atoms with Gasteiger partial charge in [-0.05, 0) is 37.8 Å². The number of hydrogen-bond acceptors (Lipinski definition) is 4. The molecule has 1 heterocycles. The molecule has 0 atom stereocenters. The van der Waals surface area contributed by atoms with E-state index in [0.717, 1.165) is 5.56 Å². The number of hydrogen-bond donors (Lipinski definition) is 1. The number of alkyl carbamates (subject to hydrolysis) is 1. The Morgan fingerprint density at radius 3 is 2.89 bits per heavy atom. The van der Waals surface area contributed by atoms with Crippen LogP contribution in [0.25, 0.3) is 6.08 Å². The monoisotopic (exact) mass is 264 g/mol. The Kier molecular flexibility index (Phi) is 4.93. The Morgan fingerprint density at radius 1 is 1.61 bits per heavy atom. The van der Waals surface area contributed by atoms with E-state index < -0.39 is 11.7 Å². The third-order valence-electron chi connectivity index (χ3n) is 1.80. The molecule has 1 amide bonds. The molecule has 1 aromatic heterocycles. The van der Waals surface area contributed by atoms with Crippen LogP contribution in [0.3, 0.4) is 0 Å². The molecule has 1 rings (SSSR count). The molecule has 96 valence electrons. The fraction of sp³-hybridized carbons (Fsp3) is 0.385. The Labute approximate surface area is 111 Å². The van der Waals surface area contributed by atoms with E-state index in [0.29, 0.717) is 11.4 Å². The van der Waals surface area contributed by atoms with Gasteiger partial charge in [-0.1, -0.05) is 12.2 Å². The second-order valence-corrected chi connectivity index (χ2v) is 5.55. The van der Waals surface area contributed by atoms with Gasteiger partial charge in [0, 0.05) is 6.54 Å². The maximum atomic E-state index is 11.3. The highest BCUT2D eigenvalue weighted by Gasteiger charge is 2.14. The van der Waals surface area contributed by atoms with E-state index in [-0.39, 0.29) is 0 Å². The summed E-state index contributed by atoms with van der Waals surface area (Å²) in [5.74, 6) is 0. The first-order chi connectivity index (χ1) is 8.40. The fourth-order valence-electron chi connectivity index (χ4n) is 1.15. The summed E-state index contributed by atoms with van der Waals surface area (Å²) in [7, 11) is 0. The SMILES string of the molecule is CC(C)(C)OC(=O)NCC=Cc1csc(C#N)c1. The maximum absolute atomic E-state index is 11.3. The van der Waals surface area contributed by atoms with Crippen molar-refractivity contribution in [3.63, 3.8) is 0 Å². The first kappa shape index (κ1) is 14.3. The predicted molar refractivity (Wildman–Crippen MR) is 72.3 cm³/mol. The van der Waals surface area contributed by atoms with Gasteiger partial charge < -0.3 is 10.1 Å². The molecule has 0 spiro atoms. The van der Waals surface area contributed by atoms with Crippen molar-refractivity contribution in [1.82, 2.24) is 5.32 Å². The van der Waals surface area contributed by atoms with Crippen molar-refractivity contribution in [3.05, 3.63) is 28.0 Å². The summed E-state index contributed by atoms with van der Waals surface area (Å²) < 4.78 is 5.09. The molecule has 1 N–H and O–H groups in total. The first-order valence-corrected chi connectivity index (χ1v) is 6.41. The largest absolute Gasteiger partial charge is 0.444 e. The molecule has 0 fully saturated rings. The normalized spacial score (nSPS) is 11.2. The molecule has 0 bridgehead atoms. The predicted octanol–water partition coefficient (Wildman–Crippen LogP) is 3.16. The molecular weight excluding hydrogens is 248 g/mol. The topological polar surface area (TPSA) is 62.1 Å². The number of nitriles is 1. The Bertz CT molecular complexity index is 478. The second kappa shape index (κ2) is 6.22. The average molecular weight is 264 g/mol. The van der Waals surface area contributed by atoms with Gasteiger partial charge in [0.25, 0.3) is 0 Å². The van der Waals surface area contributed by atoms with Crippen molar-refractivity contribution in [1.29, 1.82) is 5.26 Å². The third-order valence-corrected chi connectivity index (χ3v) is 2.66. The molecule has 1 aromatic rings. The van der Waals surface area contributed by atoms with E-state index in [4.69, 9.17) is 10.00 Å². The van der Waals surface area contributed by atoms with Crippen molar-refractivity contribution in [2.24, 2.45) is 0 Å². The smallest absolute Gasteiger partial charge is 0.407 e. The lowest BCUT2D eigenvalue weighted by molar-refractivity contribution is 0.0534. The molecular formula is C13H16N2O2S. The van der Waals surface area contributed by atoms with Crippen LogP contribution in [-0.2, 0) is 4.74 Å². The van der Waals surface area contributed by atoms with Crippen molar-refractivity contribution in [2.75, 3.05) is 6.54 Å². The van der Waals surface area contributed by atoms with Crippen molar-refractivity contribution >= 4 is 23.5 Å². The number of rotatable bonds is 3. The van der Waals surface area contributed by atoms with Crippen LogP contribution in [0, 0.1) is 11.3 Å². The molecule has 0 aliphatic carbocycles. The molecule has 4 nitrogen and oxygen atoms in total. The number of amides is 1. The number of ether oxygens (including phenoxy) is 1. The molecule has 0 radical (unpaired) electrons. The summed E-state index contributed by atoms with van der Waals surface area (Å²) in [5, 5.41) is 13.2. The Balaban J connectivity index is 2.34. The Hall–Kier alpha value is -1.80. The molecule has 0 unspecified atom stereocenters. The lowest BCUT2D eigenvalue weighted by Crippen LogP contribution is -2.32.